The molecule has 1 aliphatic heterocycles. The van der Waals surface area contributed by atoms with Crippen LogP contribution < -0.4 is 16.0 Å². The van der Waals surface area contributed by atoms with Gasteiger partial charge in [-0.3, -0.25) is 52.7 Å². The number of ketones is 5. The van der Waals surface area contributed by atoms with E-state index < -0.39 is 136 Å². The fraction of sp³-hybridized carbons (Fsp3) is 0.803. The maximum atomic E-state index is 15.1. The second-order valence-corrected chi connectivity index (χ2v) is 27.6. The topological polar surface area (TPSA) is 257 Å². The lowest BCUT2D eigenvalue weighted by atomic mass is 9.70. The van der Waals surface area contributed by atoms with Crippen molar-refractivity contribution in [3.63, 3.8) is 0 Å². The van der Waals surface area contributed by atoms with Gasteiger partial charge in [0, 0.05) is 96.4 Å². The molecule has 6 amide bonds. The first-order valence-electron chi connectivity index (χ1n) is 31.5. The molecule has 0 radical (unpaired) electrons. The Kier molecular flexibility index (Phi) is 32.6. The quantitative estimate of drug-likeness (QED) is 0.111. The first-order chi connectivity index (χ1) is 39.2. The van der Waals surface area contributed by atoms with Crippen molar-refractivity contribution in [2.45, 2.75) is 231 Å². The van der Waals surface area contributed by atoms with E-state index in [1.165, 1.54) is 49.8 Å². The van der Waals surface area contributed by atoms with Gasteiger partial charge >= 0.3 is 0 Å². The first-order valence-corrected chi connectivity index (χ1v) is 31.5. The Morgan fingerprint density at radius 2 is 1.06 bits per heavy atom. The number of carbonyl (C=O) groups is 11. The molecule has 486 valence electrons. The van der Waals surface area contributed by atoms with E-state index in [9.17, 15) is 53.1 Å². The third-order valence-corrected chi connectivity index (χ3v) is 17.4. The van der Waals surface area contributed by atoms with Crippen molar-refractivity contribution in [1.29, 1.82) is 0 Å². The van der Waals surface area contributed by atoms with Gasteiger partial charge in [0.2, 0.25) is 35.4 Å². The zero-order chi connectivity index (χ0) is 65.9. The standard InChI is InChI=1S/C66H115N7O12/c1-24-26-27-42(13)59(79)58-61(81)69-49(25-2)54(76)31-43(14)52(74)35-48(66(17,18)36-67-19)53(75)34-47(40(9)10)64(84)71(21)50(29-38(5)6)55(77)32-44(15)60(80)68-45(16)62(82)70(20)51(30-39(7)8)56(78)33-46(28-37(3)4)63(83)72(22)57(41(11)12)65(85)73(58)23/h24,26,37-51,57-59,67,79H,25,27-36H2,1-23H3,(H,68,80)(H,69,81)/b26-24+/t42-,43+,44-,45-,46-,47+,48-,49+,50+,51+,57+,58+,59-/m1/s1. The van der Waals surface area contributed by atoms with Crippen LogP contribution in [-0.2, 0) is 52.7 Å². The van der Waals surface area contributed by atoms with Crippen molar-refractivity contribution in [2.24, 2.45) is 70.5 Å². The van der Waals surface area contributed by atoms with Gasteiger partial charge < -0.3 is 40.7 Å². The summed E-state index contributed by atoms with van der Waals surface area (Å²) in [6.07, 6.45) is 1.97. The Morgan fingerprint density at radius 1 is 0.565 bits per heavy atom. The van der Waals surface area contributed by atoms with Crippen LogP contribution in [0.5, 0.6) is 0 Å². The lowest BCUT2D eigenvalue weighted by Crippen LogP contribution is -2.62. The van der Waals surface area contributed by atoms with E-state index in [-0.39, 0.29) is 98.8 Å². The monoisotopic (exact) mass is 1200 g/mol. The number of nitrogens with one attached hydrogen (secondary N) is 3. The molecular weight excluding hydrogens is 1080 g/mol. The smallest absolute Gasteiger partial charge is 0.246 e. The highest BCUT2D eigenvalue weighted by Gasteiger charge is 2.45. The summed E-state index contributed by atoms with van der Waals surface area (Å²) in [5.41, 5.74) is -0.814. The predicted molar refractivity (Wildman–Crippen MR) is 333 cm³/mol. The summed E-state index contributed by atoms with van der Waals surface area (Å²) in [4.78, 5) is 166. The third kappa shape index (κ3) is 22.8. The summed E-state index contributed by atoms with van der Waals surface area (Å²) in [5.74, 6) is -12.0. The van der Waals surface area contributed by atoms with Gasteiger partial charge in [0.1, 0.15) is 29.7 Å². The number of carbonyl (C=O) groups excluding carboxylic acids is 11. The van der Waals surface area contributed by atoms with Gasteiger partial charge in [-0.1, -0.05) is 123 Å². The molecule has 0 saturated carbocycles. The molecule has 1 fully saturated rings. The molecule has 1 aliphatic rings. The molecule has 0 aromatic carbocycles. The lowest BCUT2D eigenvalue weighted by molar-refractivity contribution is -0.155. The zero-order valence-corrected chi connectivity index (χ0v) is 56.6. The first kappa shape index (κ1) is 77.8. The molecular formula is C66H115N7O12. The minimum atomic E-state index is -1.56. The van der Waals surface area contributed by atoms with E-state index in [4.69, 9.17) is 0 Å². The molecule has 0 aromatic rings. The Bertz CT molecular complexity index is 2310. The summed E-state index contributed by atoms with van der Waals surface area (Å²) < 4.78 is 0. The van der Waals surface area contributed by atoms with Crippen molar-refractivity contribution >= 4 is 64.4 Å². The van der Waals surface area contributed by atoms with Crippen LogP contribution in [0, 0.1) is 70.5 Å². The zero-order valence-electron chi connectivity index (χ0n) is 56.6. The molecule has 0 bridgehead atoms. The number of hydrogen-bond donors (Lipinski definition) is 4. The van der Waals surface area contributed by atoms with Gasteiger partial charge in [-0.05, 0) is 93.9 Å². The van der Waals surface area contributed by atoms with E-state index in [1.54, 1.807) is 54.7 Å². The van der Waals surface area contributed by atoms with Gasteiger partial charge in [-0.15, -0.1) is 0 Å². The highest BCUT2D eigenvalue weighted by molar-refractivity contribution is 6.00. The van der Waals surface area contributed by atoms with Crippen LogP contribution in [0.2, 0.25) is 0 Å². The minimum Gasteiger partial charge on any atom is -0.390 e. The van der Waals surface area contributed by atoms with E-state index in [0.717, 1.165) is 4.90 Å². The second-order valence-electron chi connectivity index (χ2n) is 27.6. The number of aliphatic hydroxyl groups is 1. The van der Waals surface area contributed by atoms with Crippen molar-refractivity contribution < 1.29 is 57.8 Å². The van der Waals surface area contributed by atoms with Crippen LogP contribution in [0.3, 0.4) is 0 Å². The van der Waals surface area contributed by atoms with Gasteiger partial charge in [0.05, 0.1) is 24.2 Å². The van der Waals surface area contributed by atoms with E-state index in [1.807, 2.05) is 82.2 Å². The third-order valence-electron chi connectivity index (χ3n) is 17.4. The van der Waals surface area contributed by atoms with E-state index in [2.05, 4.69) is 16.0 Å². The molecule has 19 heteroatoms. The van der Waals surface area contributed by atoms with Crippen LogP contribution in [0.1, 0.15) is 189 Å². The number of amides is 6. The SMILES string of the molecule is C/C=C/C[C@@H](C)[C@@H](O)[C@H]1C(=O)N[C@@H](CC)C(=O)C[C@H](C)C(=O)C[C@@H](C(C)(C)CNC)C(=O)C[C@@H](C(C)C)C(=O)N(C)[C@@H](CC(C)C)C(=O)C[C@@H](C)C(=O)N[C@H](C)C(=O)N(C)[C@@H](CC(C)C)C(=O)C[C@@H](CC(C)C)C(=O)N(C)[C@@H](C(C)C)C(=O)N1C. The fourth-order valence-corrected chi connectivity index (χ4v) is 12.0. The van der Waals surface area contributed by atoms with Crippen LogP contribution in [0.25, 0.3) is 0 Å². The Morgan fingerprint density at radius 3 is 1.53 bits per heavy atom. The number of hydrogen-bond acceptors (Lipinski definition) is 13. The number of aliphatic hydroxyl groups excluding tert-OH is 1. The highest BCUT2D eigenvalue weighted by atomic mass is 16.3. The van der Waals surface area contributed by atoms with Crippen LogP contribution in [0.4, 0.5) is 0 Å². The average Bonchev–Trinajstić information content (AvgIpc) is 3.57. The predicted octanol–water partition coefficient (Wildman–Crippen LogP) is 7.28. The second kappa shape index (κ2) is 35.6. The maximum Gasteiger partial charge on any atom is 0.246 e. The van der Waals surface area contributed by atoms with Crippen molar-refractivity contribution in [3.8, 4) is 0 Å². The summed E-state index contributed by atoms with van der Waals surface area (Å²) in [6.45, 7) is 32.5. The number of rotatable bonds is 16. The fourth-order valence-electron chi connectivity index (χ4n) is 12.0. The van der Waals surface area contributed by atoms with Gasteiger partial charge in [0.15, 0.2) is 17.3 Å². The highest BCUT2D eigenvalue weighted by Crippen LogP contribution is 2.35. The van der Waals surface area contributed by atoms with E-state index in [0.29, 0.717) is 13.0 Å². The van der Waals surface area contributed by atoms with Crippen LogP contribution in [-0.4, -0.2) is 173 Å². The largest absolute Gasteiger partial charge is 0.390 e. The Balaban J connectivity index is 4.29. The van der Waals surface area contributed by atoms with Crippen molar-refractivity contribution in [1.82, 2.24) is 35.6 Å². The van der Waals surface area contributed by atoms with Crippen molar-refractivity contribution in [2.75, 3.05) is 41.8 Å². The molecule has 4 N–H and O–H groups in total. The molecule has 85 heavy (non-hydrogen) atoms. The molecule has 0 aromatic heterocycles. The van der Waals surface area contributed by atoms with Crippen molar-refractivity contribution in [3.05, 3.63) is 12.2 Å². The number of nitrogens with zero attached hydrogens (tertiary/aromatic N) is 4. The molecule has 19 nitrogen and oxygen atoms in total. The molecule has 0 aliphatic carbocycles. The average molecular weight is 1200 g/mol. The molecule has 13 atom stereocenters. The molecule has 0 spiro atoms. The summed E-state index contributed by atoms with van der Waals surface area (Å²) in [7, 11) is 7.59. The normalized spacial score (nSPS) is 28.0. The molecule has 0 unspecified atom stereocenters. The maximum absolute atomic E-state index is 15.1. The summed E-state index contributed by atoms with van der Waals surface area (Å²) in [5, 5.41) is 20.8. The van der Waals surface area contributed by atoms with Crippen LogP contribution in [0.15, 0.2) is 12.2 Å². The molecule has 1 saturated heterocycles. The number of allylic oxidation sites excluding steroid dienone is 2. The number of Topliss-reactive ketones (excluding diaryl/α,β-unsaturated/α-hetero) is 5. The van der Waals surface area contributed by atoms with Gasteiger partial charge in [0.25, 0.3) is 0 Å². The minimum absolute atomic E-state index is 0.0618. The van der Waals surface area contributed by atoms with Crippen LogP contribution >= 0.6 is 0 Å². The van der Waals surface area contributed by atoms with Gasteiger partial charge in [-0.2, -0.15) is 0 Å². The Hall–Kier alpha value is -5.17. The Labute approximate surface area is 511 Å². The summed E-state index contributed by atoms with van der Waals surface area (Å²) >= 11 is 0. The summed E-state index contributed by atoms with van der Waals surface area (Å²) in [6, 6.07) is -7.04. The van der Waals surface area contributed by atoms with Gasteiger partial charge in [-0.25, -0.2) is 0 Å². The lowest BCUT2D eigenvalue weighted by Gasteiger charge is -2.40. The molecule has 1 heterocycles. The number of likely N-dealkylation sites (N-methyl/N-ethyl adjacent to an activating group) is 4. The molecule has 1 rings (SSSR count). The van der Waals surface area contributed by atoms with E-state index >= 15 is 4.79 Å².